The SMILES string of the molecule is CN=C(NCc1ccc(C#N)cc1)NCC1(Sc2ccccc2)CC1. The minimum absolute atomic E-state index is 0.285. The molecule has 0 saturated heterocycles. The Morgan fingerprint density at radius 2 is 1.84 bits per heavy atom. The summed E-state index contributed by atoms with van der Waals surface area (Å²) in [5.41, 5.74) is 1.81. The van der Waals surface area contributed by atoms with Gasteiger partial charge in [0.05, 0.1) is 11.6 Å². The summed E-state index contributed by atoms with van der Waals surface area (Å²) in [6.07, 6.45) is 2.46. The molecule has 1 aliphatic rings. The Bertz CT molecular complexity index is 759. The zero-order chi connectivity index (χ0) is 17.5. The number of rotatable bonds is 6. The van der Waals surface area contributed by atoms with Crippen molar-refractivity contribution in [1.29, 1.82) is 5.26 Å². The number of guanidine groups is 1. The molecule has 1 fully saturated rings. The van der Waals surface area contributed by atoms with Crippen LogP contribution < -0.4 is 10.6 Å². The van der Waals surface area contributed by atoms with Crippen molar-refractivity contribution in [3.63, 3.8) is 0 Å². The summed E-state index contributed by atoms with van der Waals surface area (Å²) in [4.78, 5) is 5.63. The highest BCUT2D eigenvalue weighted by Crippen LogP contribution is 2.51. The molecule has 1 aliphatic carbocycles. The van der Waals surface area contributed by atoms with Gasteiger partial charge in [-0.05, 0) is 42.7 Å². The van der Waals surface area contributed by atoms with Gasteiger partial charge in [0.1, 0.15) is 0 Å². The van der Waals surface area contributed by atoms with E-state index >= 15 is 0 Å². The number of nitrogens with one attached hydrogen (secondary N) is 2. The second-order valence-corrected chi connectivity index (χ2v) is 7.73. The summed E-state index contributed by atoms with van der Waals surface area (Å²) in [5, 5.41) is 15.6. The monoisotopic (exact) mass is 350 g/mol. The van der Waals surface area contributed by atoms with E-state index in [0.29, 0.717) is 12.1 Å². The summed E-state index contributed by atoms with van der Waals surface area (Å²) in [6.45, 7) is 1.59. The fourth-order valence-electron chi connectivity index (χ4n) is 2.54. The van der Waals surface area contributed by atoms with E-state index in [4.69, 9.17) is 5.26 Å². The molecule has 4 nitrogen and oxygen atoms in total. The van der Waals surface area contributed by atoms with Crippen molar-refractivity contribution < 1.29 is 0 Å². The normalized spacial score (nSPS) is 15.3. The number of hydrogen-bond donors (Lipinski definition) is 2. The first kappa shape index (κ1) is 17.4. The van der Waals surface area contributed by atoms with E-state index in [1.165, 1.54) is 17.7 Å². The van der Waals surface area contributed by atoms with Crippen LogP contribution in [0, 0.1) is 11.3 Å². The molecule has 0 radical (unpaired) electrons. The second kappa shape index (κ2) is 8.09. The van der Waals surface area contributed by atoms with Gasteiger partial charge in [-0.2, -0.15) is 5.26 Å². The standard InChI is InChI=1S/C20H22N4S/c1-22-19(23-14-17-9-7-16(13-21)8-10-17)24-15-20(11-12-20)25-18-5-3-2-4-6-18/h2-10H,11-12,14-15H2,1H3,(H2,22,23,24). The molecule has 2 aromatic rings. The smallest absolute Gasteiger partial charge is 0.191 e. The molecule has 2 aromatic carbocycles. The number of benzene rings is 2. The molecule has 0 bridgehead atoms. The third-order valence-corrected chi connectivity index (χ3v) is 5.72. The van der Waals surface area contributed by atoms with Crippen LogP contribution in [0.4, 0.5) is 0 Å². The zero-order valence-corrected chi connectivity index (χ0v) is 15.1. The van der Waals surface area contributed by atoms with Crippen LogP contribution in [-0.4, -0.2) is 24.3 Å². The minimum Gasteiger partial charge on any atom is -0.355 e. The average Bonchev–Trinajstić information content (AvgIpc) is 3.42. The van der Waals surface area contributed by atoms with Gasteiger partial charge in [0.15, 0.2) is 5.96 Å². The third-order valence-electron chi connectivity index (χ3n) is 4.23. The topological polar surface area (TPSA) is 60.2 Å². The lowest BCUT2D eigenvalue weighted by molar-refractivity contribution is 0.766. The summed E-state index contributed by atoms with van der Waals surface area (Å²) in [7, 11) is 1.79. The molecule has 0 spiro atoms. The quantitative estimate of drug-likeness (QED) is 0.618. The Hall–Kier alpha value is -2.45. The van der Waals surface area contributed by atoms with Crippen molar-refractivity contribution in [2.45, 2.75) is 29.0 Å². The molecule has 0 aliphatic heterocycles. The maximum Gasteiger partial charge on any atom is 0.191 e. The van der Waals surface area contributed by atoms with Gasteiger partial charge < -0.3 is 10.6 Å². The predicted octanol–water partition coefficient (Wildman–Crippen LogP) is 3.55. The van der Waals surface area contributed by atoms with Gasteiger partial charge in [-0.3, -0.25) is 4.99 Å². The molecule has 128 valence electrons. The van der Waals surface area contributed by atoms with Crippen LogP contribution in [0.2, 0.25) is 0 Å². The van der Waals surface area contributed by atoms with Crippen molar-refractivity contribution in [3.8, 4) is 6.07 Å². The number of aliphatic imine (C=N–C) groups is 1. The molecule has 0 heterocycles. The lowest BCUT2D eigenvalue weighted by Crippen LogP contribution is -2.40. The van der Waals surface area contributed by atoms with Gasteiger partial charge in [0.2, 0.25) is 0 Å². The number of thioether (sulfide) groups is 1. The van der Waals surface area contributed by atoms with Crippen LogP contribution in [0.3, 0.4) is 0 Å². The highest BCUT2D eigenvalue weighted by molar-refractivity contribution is 8.01. The van der Waals surface area contributed by atoms with E-state index in [-0.39, 0.29) is 4.75 Å². The molecule has 0 amide bonds. The first-order valence-electron chi connectivity index (χ1n) is 8.41. The molecule has 25 heavy (non-hydrogen) atoms. The van der Waals surface area contributed by atoms with Gasteiger partial charge >= 0.3 is 0 Å². The molecular formula is C20H22N4S. The summed E-state index contributed by atoms with van der Waals surface area (Å²) >= 11 is 1.95. The summed E-state index contributed by atoms with van der Waals surface area (Å²) < 4.78 is 0.285. The molecule has 0 atom stereocenters. The fraction of sp³-hybridized carbons (Fsp3) is 0.300. The number of nitriles is 1. The lowest BCUT2D eigenvalue weighted by atomic mass is 10.1. The average molecular weight is 350 g/mol. The van der Waals surface area contributed by atoms with Crippen molar-refractivity contribution in [2.24, 2.45) is 4.99 Å². The van der Waals surface area contributed by atoms with E-state index in [0.717, 1.165) is 18.1 Å². The maximum absolute atomic E-state index is 8.85. The highest BCUT2D eigenvalue weighted by atomic mass is 32.2. The van der Waals surface area contributed by atoms with Crippen LogP contribution in [0.15, 0.2) is 64.5 Å². The minimum atomic E-state index is 0.285. The number of hydrogen-bond acceptors (Lipinski definition) is 3. The third kappa shape index (κ3) is 5.01. The van der Waals surface area contributed by atoms with Crippen molar-refractivity contribution in [2.75, 3.05) is 13.6 Å². The molecule has 1 saturated carbocycles. The fourth-order valence-corrected chi connectivity index (χ4v) is 3.78. The van der Waals surface area contributed by atoms with Gasteiger partial charge in [-0.15, -0.1) is 11.8 Å². The predicted molar refractivity (Wildman–Crippen MR) is 104 cm³/mol. The molecule has 0 aromatic heterocycles. The van der Waals surface area contributed by atoms with Gasteiger partial charge in [0, 0.05) is 29.8 Å². The van der Waals surface area contributed by atoms with E-state index in [1.807, 2.05) is 36.0 Å². The van der Waals surface area contributed by atoms with Crippen molar-refractivity contribution in [3.05, 3.63) is 65.7 Å². The van der Waals surface area contributed by atoms with E-state index < -0.39 is 0 Å². The molecule has 0 unspecified atom stereocenters. The van der Waals surface area contributed by atoms with Crippen LogP contribution in [0.25, 0.3) is 0 Å². The van der Waals surface area contributed by atoms with Gasteiger partial charge in [0.25, 0.3) is 0 Å². The van der Waals surface area contributed by atoms with Crippen LogP contribution in [-0.2, 0) is 6.54 Å². The maximum atomic E-state index is 8.85. The second-order valence-electron chi connectivity index (χ2n) is 6.19. The van der Waals surface area contributed by atoms with E-state index in [1.54, 1.807) is 7.05 Å². The first-order valence-corrected chi connectivity index (χ1v) is 9.22. The highest BCUT2D eigenvalue weighted by Gasteiger charge is 2.43. The summed E-state index contributed by atoms with van der Waals surface area (Å²) in [6, 6.07) is 20.3. The zero-order valence-electron chi connectivity index (χ0n) is 14.3. The molecular weight excluding hydrogens is 328 g/mol. The van der Waals surface area contributed by atoms with Crippen molar-refractivity contribution in [1.82, 2.24) is 10.6 Å². The Kier molecular flexibility index (Phi) is 5.62. The van der Waals surface area contributed by atoms with Crippen LogP contribution in [0.1, 0.15) is 24.0 Å². The molecule has 2 N–H and O–H groups in total. The van der Waals surface area contributed by atoms with Gasteiger partial charge in [-0.25, -0.2) is 0 Å². The largest absolute Gasteiger partial charge is 0.355 e. The first-order chi connectivity index (χ1) is 12.2. The van der Waals surface area contributed by atoms with Gasteiger partial charge in [-0.1, -0.05) is 30.3 Å². The van der Waals surface area contributed by atoms with Crippen molar-refractivity contribution >= 4 is 17.7 Å². The lowest BCUT2D eigenvalue weighted by Gasteiger charge is -2.18. The Morgan fingerprint density at radius 3 is 2.44 bits per heavy atom. The molecule has 5 heteroatoms. The summed E-state index contributed by atoms with van der Waals surface area (Å²) in [5.74, 6) is 0.810. The Labute approximate surface area is 153 Å². The Morgan fingerprint density at radius 1 is 1.12 bits per heavy atom. The van der Waals surface area contributed by atoms with E-state index in [2.05, 4.69) is 52.0 Å². The number of nitrogens with zero attached hydrogens (tertiary/aromatic N) is 2. The molecule has 3 rings (SSSR count). The van der Waals surface area contributed by atoms with E-state index in [9.17, 15) is 0 Å². The van der Waals surface area contributed by atoms with Crippen LogP contribution >= 0.6 is 11.8 Å². The van der Waals surface area contributed by atoms with Crippen LogP contribution in [0.5, 0.6) is 0 Å². The Balaban J connectivity index is 1.48.